The Morgan fingerprint density at radius 1 is 0.969 bits per heavy atom. The molecular formula is C26H28N2O4. The number of anilines is 1. The van der Waals surface area contributed by atoms with Crippen LogP contribution in [0.2, 0.25) is 0 Å². The third-order valence-electron chi connectivity index (χ3n) is 6.16. The smallest absolute Gasteiger partial charge is 0.290 e. The first kappa shape index (κ1) is 20.5. The topological polar surface area (TPSA) is 63.0 Å². The van der Waals surface area contributed by atoms with Gasteiger partial charge in [0.15, 0.2) is 11.6 Å². The minimum atomic E-state index is -0.177. The monoisotopic (exact) mass is 432 g/mol. The van der Waals surface area contributed by atoms with Crippen LogP contribution in [0.1, 0.15) is 52.5 Å². The van der Waals surface area contributed by atoms with E-state index in [0.29, 0.717) is 24.6 Å². The van der Waals surface area contributed by atoms with Crippen LogP contribution in [-0.4, -0.2) is 23.9 Å². The van der Waals surface area contributed by atoms with Gasteiger partial charge >= 0.3 is 0 Å². The number of furan rings is 3. The van der Waals surface area contributed by atoms with Gasteiger partial charge in [-0.2, -0.15) is 0 Å². The number of benzene rings is 1. The van der Waals surface area contributed by atoms with Gasteiger partial charge in [-0.3, -0.25) is 4.79 Å². The molecule has 0 bridgehead atoms. The Hall–Kier alpha value is -3.41. The normalized spacial score (nSPS) is 14.2. The van der Waals surface area contributed by atoms with E-state index in [0.717, 1.165) is 46.8 Å². The average Bonchev–Trinajstić information content (AvgIpc) is 3.55. The van der Waals surface area contributed by atoms with Crippen molar-refractivity contribution in [3.05, 3.63) is 77.1 Å². The SMILES string of the molecule is Cc1ccc2oc(C(=O)N(Cc3ccco3)Cc3ccc(N4CCCCC4)o3)c(C)c2c1. The molecule has 1 aliphatic rings. The van der Waals surface area contributed by atoms with Crippen LogP contribution in [0.25, 0.3) is 11.0 Å². The fourth-order valence-electron chi connectivity index (χ4n) is 4.40. The van der Waals surface area contributed by atoms with Crippen molar-refractivity contribution in [2.45, 2.75) is 46.2 Å². The Morgan fingerprint density at radius 2 is 1.78 bits per heavy atom. The molecule has 0 spiro atoms. The Bertz CT molecular complexity index is 1210. The molecule has 4 aromatic rings. The van der Waals surface area contributed by atoms with E-state index in [9.17, 15) is 4.79 Å². The van der Waals surface area contributed by atoms with Crippen molar-refractivity contribution in [2.24, 2.45) is 0 Å². The highest BCUT2D eigenvalue weighted by atomic mass is 16.4. The van der Waals surface area contributed by atoms with E-state index in [1.807, 2.05) is 50.2 Å². The fraction of sp³-hybridized carbons (Fsp3) is 0.346. The highest BCUT2D eigenvalue weighted by molar-refractivity contribution is 5.99. The number of amides is 1. The Morgan fingerprint density at radius 3 is 2.56 bits per heavy atom. The lowest BCUT2D eigenvalue weighted by Crippen LogP contribution is -2.30. The molecule has 1 aromatic carbocycles. The van der Waals surface area contributed by atoms with E-state index in [1.54, 1.807) is 11.2 Å². The van der Waals surface area contributed by atoms with Gasteiger partial charge in [0.1, 0.15) is 17.1 Å². The number of nitrogens with zero attached hydrogens (tertiary/aromatic N) is 2. The summed E-state index contributed by atoms with van der Waals surface area (Å²) in [4.78, 5) is 17.6. The molecule has 1 aliphatic heterocycles. The van der Waals surface area contributed by atoms with Crippen molar-refractivity contribution in [1.29, 1.82) is 0 Å². The molecule has 0 N–H and O–H groups in total. The lowest BCUT2D eigenvalue weighted by molar-refractivity contribution is 0.0674. The third-order valence-corrected chi connectivity index (χ3v) is 6.16. The Labute approximate surface area is 187 Å². The molecule has 5 rings (SSSR count). The molecule has 0 atom stereocenters. The molecule has 166 valence electrons. The van der Waals surface area contributed by atoms with Gasteiger partial charge in [-0.15, -0.1) is 0 Å². The summed E-state index contributed by atoms with van der Waals surface area (Å²) in [7, 11) is 0. The van der Waals surface area contributed by atoms with Crippen LogP contribution in [0, 0.1) is 13.8 Å². The maximum atomic E-state index is 13.6. The molecule has 6 heteroatoms. The number of hydrogen-bond donors (Lipinski definition) is 0. The Kier molecular flexibility index (Phi) is 5.52. The number of fused-ring (bicyclic) bond motifs is 1. The summed E-state index contributed by atoms with van der Waals surface area (Å²) < 4.78 is 17.7. The third kappa shape index (κ3) is 4.05. The summed E-state index contributed by atoms with van der Waals surface area (Å²) in [6, 6.07) is 13.6. The molecule has 32 heavy (non-hydrogen) atoms. The number of carbonyl (C=O) groups is 1. The lowest BCUT2D eigenvalue weighted by atomic mass is 10.1. The summed E-state index contributed by atoms with van der Waals surface area (Å²) in [6.45, 7) is 6.67. The van der Waals surface area contributed by atoms with Crippen molar-refractivity contribution >= 4 is 22.8 Å². The molecule has 1 saturated heterocycles. The number of rotatable bonds is 6. The molecule has 0 radical (unpaired) electrons. The van der Waals surface area contributed by atoms with E-state index in [1.165, 1.54) is 19.3 Å². The second-order valence-corrected chi connectivity index (χ2v) is 8.58. The summed E-state index contributed by atoms with van der Waals surface area (Å²) in [5, 5.41) is 0.969. The quantitative estimate of drug-likeness (QED) is 0.370. The first-order valence-electron chi connectivity index (χ1n) is 11.2. The largest absolute Gasteiger partial charge is 0.467 e. The molecule has 1 amide bonds. The maximum absolute atomic E-state index is 13.6. The predicted octanol–water partition coefficient (Wildman–Crippen LogP) is 6.07. The van der Waals surface area contributed by atoms with E-state index in [4.69, 9.17) is 13.3 Å². The van der Waals surface area contributed by atoms with Gasteiger partial charge in [-0.05, 0) is 63.4 Å². The van der Waals surface area contributed by atoms with Crippen LogP contribution in [0.5, 0.6) is 0 Å². The number of carbonyl (C=O) groups excluding carboxylic acids is 1. The standard InChI is InChI=1S/C26H28N2O4/c1-18-8-10-23-22(15-18)19(2)25(32-23)26(29)28(16-20-7-6-14-30-20)17-21-9-11-24(31-21)27-12-4-3-5-13-27/h6-11,14-15H,3-5,12-13,16-17H2,1-2H3. The van der Waals surface area contributed by atoms with Gasteiger partial charge in [-0.1, -0.05) is 11.6 Å². The first-order chi connectivity index (χ1) is 15.6. The van der Waals surface area contributed by atoms with E-state index >= 15 is 0 Å². The van der Waals surface area contributed by atoms with Crippen LogP contribution >= 0.6 is 0 Å². The zero-order valence-electron chi connectivity index (χ0n) is 18.6. The molecule has 4 heterocycles. The van der Waals surface area contributed by atoms with Crippen LogP contribution < -0.4 is 4.90 Å². The van der Waals surface area contributed by atoms with Gasteiger partial charge in [0, 0.05) is 30.1 Å². The second-order valence-electron chi connectivity index (χ2n) is 8.58. The van der Waals surface area contributed by atoms with E-state index < -0.39 is 0 Å². The molecule has 0 saturated carbocycles. The van der Waals surface area contributed by atoms with Crippen LogP contribution in [0.3, 0.4) is 0 Å². The highest BCUT2D eigenvalue weighted by Gasteiger charge is 2.26. The zero-order chi connectivity index (χ0) is 22.1. The van der Waals surface area contributed by atoms with Gasteiger partial charge in [0.05, 0.1) is 19.4 Å². The zero-order valence-corrected chi connectivity index (χ0v) is 18.6. The van der Waals surface area contributed by atoms with Crippen LogP contribution in [-0.2, 0) is 13.1 Å². The minimum absolute atomic E-state index is 0.177. The molecule has 0 aliphatic carbocycles. The molecule has 1 fully saturated rings. The van der Waals surface area contributed by atoms with E-state index in [-0.39, 0.29) is 5.91 Å². The Balaban J connectivity index is 1.43. The predicted molar refractivity (Wildman–Crippen MR) is 123 cm³/mol. The van der Waals surface area contributed by atoms with Crippen molar-refractivity contribution in [2.75, 3.05) is 18.0 Å². The average molecular weight is 433 g/mol. The second kappa shape index (κ2) is 8.61. The fourth-order valence-corrected chi connectivity index (χ4v) is 4.40. The van der Waals surface area contributed by atoms with Crippen LogP contribution in [0.15, 0.2) is 62.0 Å². The first-order valence-corrected chi connectivity index (χ1v) is 11.2. The number of hydrogen-bond acceptors (Lipinski definition) is 5. The van der Waals surface area contributed by atoms with Crippen molar-refractivity contribution in [3.8, 4) is 0 Å². The van der Waals surface area contributed by atoms with E-state index in [2.05, 4.69) is 11.0 Å². The van der Waals surface area contributed by atoms with Crippen LogP contribution in [0.4, 0.5) is 5.88 Å². The minimum Gasteiger partial charge on any atom is -0.467 e. The van der Waals surface area contributed by atoms with Gasteiger partial charge in [0.2, 0.25) is 0 Å². The lowest BCUT2D eigenvalue weighted by Gasteiger charge is -2.26. The summed E-state index contributed by atoms with van der Waals surface area (Å²) in [6.07, 6.45) is 5.26. The number of aryl methyl sites for hydroxylation is 2. The van der Waals surface area contributed by atoms with Gasteiger partial charge < -0.3 is 23.1 Å². The maximum Gasteiger partial charge on any atom is 0.290 e. The van der Waals surface area contributed by atoms with Gasteiger partial charge in [-0.25, -0.2) is 0 Å². The van der Waals surface area contributed by atoms with Crippen molar-refractivity contribution in [3.63, 3.8) is 0 Å². The highest BCUT2D eigenvalue weighted by Crippen LogP contribution is 2.29. The van der Waals surface area contributed by atoms with Crippen molar-refractivity contribution < 1.29 is 18.0 Å². The summed E-state index contributed by atoms with van der Waals surface area (Å²) >= 11 is 0. The molecule has 6 nitrogen and oxygen atoms in total. The summed E-state index contributed by atoms with van der Waals surface area (Å²) in [5.74, 6) is 2.52. The summed E-state index contributed by atoms with van der Waals surface area (Å²) in [5.41, 5.74) is 2.71. The van der Waals surface area contributed by atoms with Crippen molar-refractivity contribution in [1.82, 2.24) is 4.90 Å². The molecule has 3 aromatic heterocycles. The number of piperidine rings is 1. The van der Waals surface area contributed by atoms with Gasteiger partial charge in [0.25, 0.3) is 5.91 Å². The molecular weight excluding hydrogens is 404 g/mol. The molecule has 0 unspecified atom stereocenters.